The maximum atomic E-state index is 2.39. The quantitative estimate of drug-likeness (QED) is 0.187. The summed E-state index contributed by atoms with van der Waals surface area (Å²) in [5, 5.41) is 1.36. The van der Waals surface area contributed by atoms with Crippen molar-refractivity contribution in [1.29, 1.82) is 0 Å². The van der Waals surface area contributed by atoms with Crippen LogP contribution in [0, 0.1) is 0 Å². The summed E-state index contributed by atoms with van der Waals surface area (Å²) < 4.78 is 2.21. The van der Waals surface area contributed by atoms with E-state index < -0.39 is 0 Å². The molecule has 3 heteroatoms. The third-order valence-electron chi connectivity index (χ3n) is 4.24. The molecule has 0 aliphatic carbocycles. The van der Waals surface area contributed by atoms with Gasteiger partial charge in [0.15, 0.2) is 0 Å². The van der Waals surface area contributed by atoms with Crippen LogP contribution in [0.4, 0.5) is 0 Å². The molecule has 0 aromatic heterocycles. The first-order valence-corrected chi connectivity index (χ1v) is 10.6. The first kappa shape index (κ1) is 21.8. The molecule has 0 unspecified atom stereocenters. The van der Waals surface area contributed by atoms with E-state index in [1.807, 2.05) is 11.8 Å². The highest BCUT2D eigenvalue weighted by Crippen LogP contribution is 2.12. The van der Waals surface area contributed by atoms with E-state index in [0.717, 1.165) is 0 Å². The number of nitrogens with zero attached hydrogens (tertiary/aromatic N) is 2. The largest absolute Gasteiger partial charge is 0.307 e. The van der Waals surface area contributed by atoms with Crippen molar-refractivity contribution in [3.63, 3.8) is 0 Å². The first-order valence-electron chi connectivity index (χ1n) is 9.42. The average molecular weight is 330 g/mol. The van der Waals surface area contributed by atoms with E-state index in [4.69, 9.17) is 0 Å². The minimum absolute atomic E-state index is 1.19. The second kappa shape index (κ2) is 15.7. The Hall–Kier alpha value is -0.180. The number of thioether (sulfide) groups is 1. The molecule has 0 bridgehead atoms. The third-order valence-corrected chi connectivity index (χ3v) is 5.28. The molecule has 0 fully saturated rings. The summed E-state index contributed by atoms with van der Waals surface area (Å²) in [5.41, 5.74) is 0. The second-order valence-corrected chi connectivity index (χ2v) is 7.47. The Balaban J connectivity index is 3.35. The minimum atomic E-state index is 1.19. The number of rotatable bonds is 13. The molecule has 0 aliphatic rings. The molecule has 0 saturated carbocycles. The normalized spacial score (nSPS) is 10.8. The molecule has 0 saturated heterocycles. The summed E-state index contributed by atoms with van der Waals surface area (Å²) in [6, 6.07) is 0. The van der Waals surface area contributed by atoms with Crippen molar-refractivity contribution in [3.05, 3.63) is 0 Å². The van der Waals surface area contributed by atoms with Gasteiger partial charge >= 0.3 is 5.17 Å². The Kier molecular flexibility index (Phi) is 15.6. The average Bonchev–Trinajstić information content (AvgIpc) is 2.48. The smallest absolute Gasteiger partial charge is 0.262 e. The van der Waals surface area contributed by atoms with E-state index in [1.165, 1.54) is 88.8 Å². The van der Waals surface area contributed by atoms with Crippen LogP contribution in [0.25, 0.3) is 0 Å². The van der Waals surface area contributed by atoms with Crippen molar-refractivity contribution < 1.29 is 4.58 Å². The first-order chi connectivity index (χ1) is 10.6. The van der Waals surface area contributed by atoms with Gasteiger partial charge in [0.25, 0.3) is 0 Å². The molecule has 2 nitrogen and oxygen atoms in total. The van der Waals surface area contributed by atoms with Gasteiger partial charge in [-0.3, -0.25) is 9.48 Å². The molecule has 0 N–H and O–H groups in total. The van der Waals surface area contributed by atoms with Crippen molar-refractivity contribution in [3.8, 4) is 0 Å². The molecule has 0 atom stereocenters. The molecule has 0 rings (SSSR count). The van der Waals surface area contributed by atoms with E-state index in [9.17, 15) is 0 Å². The van der Waals surface area contributed by atoms with Crippen LogP contribution in [-0.2, 0) is 0 Å². The van der Waals surface area contributed by atoms with Crippen LogP contribution in [0.2, 0.25) is 0 Å². The van der Waals surface area contributed by atoms with Gasteiger partial charge in [-0.1, -0.05) is 71.1 Å². The second-order valence-electron chi connectivity index (χ2n) is 6.69. The fourth-order valence-electron chi connectivity index (χ4n) is 2.97. The van der Waals surface area contributed by atoms with Gasteiger partial charge in [0, 0.05) is 0 Å². The van der Waals surface area contributed by atoms with Crippen LogP contribution in [0.15, 0.2) is 0 Å². The Morgan fingerprint density at radius 3 is 1.55 bits per heavy atom. The predicted molar refractivity (Wildman–Crippen MR) is 104 cm³/mol. The van der Waals surface area contributed by atoms with Gasteiger partial charge < -0.3 is 0 Å². The van der Waals surface area contributed by atoms with Crippen molar-refractivity contribution in [2.45, 2.75) is 84.0 Å². The lowest BCUT2D eigenvalue weighted by atomic mass is 10.1. The highest BCUT2D eigenvalue weighted by molar-refractivity contribution is 8.12. The number of hydrogen-bond acceptors (Lipinski definition) is 1. The molecule has 0 aromatic rings. The molecule has 132 valence electrons. The maximum absolute atomic E-state index is 2.39. The van der Waals surface area contributed by atoms with Crippen LogP contribution >= 0.6 is 11.8 Å². The molecule has 22 heavy (non-hydrogen) atoms. The maximum Gasteiger partial charge on any atom is 0.307 e. The summed E-state index contributed by atoms with van der Waals surface area (Å²) in [5.74, 6) is 0. The van der Waals surface area contributed by atoms with Crippen molar-refractivity contribution in [1.82, 2.24) is 4.90 Å². The van der Waals surface area contributed by atoms with Gasteiger partial charge in [0.2, 0.25) is 0 Å². The molecule has 0 radical (unpaired) electrons. The van der Waals surface area contributed by atoms with E-state index in [-0.39, 0.29) is 0 Å². The molecular formula is C19H41N2S+. The van der Waals surface area contributed by atoms with Gasteiger partial charge in [-0.25, -0.2) is 0 Å². The topological polar surface area (TPSA) is 6.25 Å². The zero-order chi connectivity index (χ0) is 16.6. The fraction of sp³-hybridized carbons (Fsp3) is 0.947. The Morgan fingerprint density at radius 2 is 1.18 bits per heavy atom. The Morgan fingerprint density at radius 1 is 0.773 bits per heavy atom. The van der Waals surface area contributed by atoms with Crippen molar-refractivity contribution >= 4 is 16.9 Å². The van der Waals surface area contributed by atoms with Crippen LogP contribution in [0.3, 0.4) is 0 Å². The molecule has 0 aromatic carbocycles. The summed E-state index contributed by atoms with van der Waals surface area (Å²) in [6.07, 6.45) is 19.2. The van der Waals surface area contributed by atoms with Gasteiger partial charge in [-0.15, -0.1) is 0 Å². The SMILES string of the molecule is CCCCCCCCCCCCCCN(C)C(SC)=[N+](C)C. The van der Waals surface area contributed by atoms with E-state index in [2.05, 4.69) is 43.8 Å². The van der Waals surface area contributed by atoms with Crippen molar-refractivity contribution in [2.24, 2.45) is 0 Å². The number of hydrogen-bond donors (Lipinski definition) is 0. The Labute approximate surface area is 144 Å². The molecule has 0 spiro atoms. The molecular weight excluding hydrogens is 288 g/mol. The summed E-state index contributed by atoms with van der Waals surface area (Å²) in [7, 11) is 6.47. The van der Waals surface area contributed by atoms with Gasteiger partial charge in [-0.2, -0.15) is 0 Å². The zero-order valence-corrected chi connectivity index (χ0v) is 16.8. The monoisotopic (exact) mass is 329 g/mol. The standard InChI is InChI=1S/C19H41N2S/c1-6-7-8-9-10-11-12-13-14-15-16-17-18-21(4)19(22-5)20(2)3/h6-18H2,1-5H3/q+1. The van der Waals surface area contributed by atoms with E-state index >= 15 is 0 Å². The summed E-state index contributed by atoms with van der Waals surface area (Å²) in [4.78, 5) is 2.39. The number of unbranched alkanes of at least 4 members (excludes halogenated alkanes) is 11. The number of amidine groups is 1. The Bertz CT molecular complexity index is 273. The lowest BCUT2D eigenvalue weighted by molar-refractivity contribution is -0.466. The van der Waals surface area contributed by atoms with Crippen molar-refractivity contribution in [2.75, 3.05) is 33.9 Å². The van der Waals surface area contributed by atoms with Crippen LogP contribution < -0.4 is 0 Å². The van der Waals surface area contributed by atoms with Gasteiger partial charge in [0.05, 0.1) is 27.7 Å². The van der Waals surface area contributed by atoms with Gasteiger partial charge in [0.1, 0.15) is 0 Å². The van der Waals surface area contributed by atoms with Crippen LogP contribution in [0.5, 0.6) is 0 Å². The third kappa shape index (κ3) is 12.4. The molecule has 0 heterocycles. The summed E-state index contributed by atoms with van der Waals surface area (Å²) >= 11 is 1.84. The van der Waals surface area contributed by atoms with Crippen LogP contribution in [0.1, 0.15) is 84.0 Å². The lowest BCUT2D eigenvalue weighted by Crippen LogP contribution is -2.31. The molecule has 0 amide bonds. The van der Waals surface area contributed by atoms with Crippen LogP contribution in [-0.4, -0.2) is 48.6 Å². The van der Waals surface area contributed by atoms with E-state index in [1.54, 1.807) is 0 Å². The molecule has 0 aliphatic heterocycles. The van der Waals surface area contributed by atoms with Gasteiger partial charge in [-0.05, 0) is 30.9 Å². The fourth-order valence-corrected chi connectivity index (χ4v) is 3.73. The highest BCUT2D eigenvalue weighted by atomic mass is 32.2. The predicted octanol–water partition coefficient (Wildman–Crippen LogP) is 5.61. The zero-order valence-electron chi connectivity index (χ0n) is 16.0. The highest BCUT2D eigenvalue weighted by Gasteiger charge is 2.13. The lowest BCUT2D eigenvalue weighted by Gasteiger charge is -2.14. The van der Waals surface area contributed by atoms with E-state index in [0.29, 0.717) is 0 Å². The summed E-state index contributed by atoms with van der Waals surface area (Å²) in [6.45, 7) is 3.48. The minimum Gasteiger partial charge on any atom is -0.262 e.